The highest BCUT2D eigenvalue weighted by molar-refractivity contribution is 5.86. The summed E-state index contributed by atoms with van der Waals surface area (Å²) in [7, 11) is 0. The van der Waals surface area contributed by atoms with Crippen LogP contribution >= 0.6 is 0 Å². The van der Waals surface area contributed by atoms with Gasteiger partial charge in [-0.15, -0.1) is 6.58 Å². The number of aliphatic carboxylic acids is 1. The lowest BCUT2D eigenvalue weighted by molar-refractivity contribution is -0.147. The Balaban J connectivity index is 2.89. The second-order valence-electron chi connectivity index (χ2n) is 5.06. The van der Waals surface area contributed by atoms with E-state index in [2.05, 4.69) is 6.58 Å². The van der Waals surface area contributed by atoms with Gasteiger partial charge < -0.3 is 14.9 Å². The Labute approximate surface area is 108 Å². The molecule has 0 heterocycles. The van der Waals surface area contributed by atoms with Crippen molar-refractivity contribution in [3.63, 3.8) is 0 Å². The minimum absolute atomic E-state index is 0.215. The molecule has 102 valence electrons. The number of hydrogen-bond donors (Lipinski definition) is 1. The first-order valence-electron chi connectivity index (χ1n) is 6.28. The number of carbonyl (C=O) groups excluding carboxylic acids is 1. The van der Waals surface area contributed by atoms with Crippen LogP contribution in [0.3, 0.4) is 0 Å². The van der Waals surface area contributed by atoms with E-state index in [0.717, 1.165) is 12.8 Å². The van der Waals surface area contributed by atoms with E-state index in [1.807, 2.05) is 0 Å². The van der Waals surface area contributed by atoms with Crippen molar-refractivity contribution in [1.29, 1.82) is 0 Å². The van der Waals surface area contributed by atoms with E-state index in [1.54, 1.807) is 31.7 Å². The third kappa shape index (κ3) is 2.83. The van der Waals surface area contributed by atoms with Crippen molar-refractivity contribution in [3.05, 3.63) is 12.7 Å². The van der Waals surface area contributed by atoms with Gasteiger partial charge in [0.15, 0.2) is 0 Å². The third-order valence-electron chi connectivity index (χ3n) is 3.30. The molecule has 0 radical (unpaired) electrons. The number of rotatable bonds is 6. The van der Waals surface area contributed by atoms with Crippen molar-refractivity contribution in [2.75, 3.05) is 13.1 Å². The molecule has 2 amide bonds. The van der Waals surface area contributed by atoms with Crippen LogP contribution in [0.15, 0.2) is 12.7 Å². The van der Waals surface area contributed by atoms with E-state index in [9.17, 15) is 14.7 Å². The summed E-state index contributed by atoms with van der Waals surface area (Å²) in [6, 6.07) is 0.0291. The number of carboxylic acids is 1. The maximum atomic E-state index is 12.4. The highest BCUT2D eigenvalue weighted by Crippen LogP contribution is 2.29. The fraction of sp³-hybridized carbons (Fsp3) is 0.692. The van der Waals surface area contributed by atoms with E-state index in [0.29, 0.717) is 13.1 Å². The lowest BCUT2D eigenvalue weighted by Gasteiger charge is -2.38. The van der Waals surface area contributed by atoms with Crippen LogP contribution in [0, 0.1) is 0 Å². The molecular weight excluding hydrogens is 232 g/mol. The summed E-state index contributed by atoms with van der Waals surface area (Å²) in [5, 5.41) is 9.23. The van der Waals surface area contributed by atoms with Crippen LogP contribution < -0.4 is 0 Å². The highest BCUT2D eigenvalue weighted by Gasteiger charge is 2.41. The molecule has 0 unspecified atom stereocenters. The fourth-order valence-electron chi connectivity index (χ4n) is 1.95. The van der Waals surface area contributed by atoms with Crippen molar-refractivity contribution in [3.8, 4) is 0 Å². The van der Waals surface area contributed by atoms with Gasteiger partial charge in [0.1, 0.15) is 5.54 Å². The quantitative estimate of drug-likeness (QED) is 0.737. The Bertz CT molecular complexity index is 348. The van der Waals surface area contributed by atoms with Crippen LogP contribution in [0.4, 0.5) is 4.79 Å². The maximum Gasteiger partial charge on any atom is 0.329 e. The Morgan fingerprint density at radius 2 is 2.00 bits per heavy atom. The van der Waals surface area contributed by atoms with Crippen molar-refractivity contribution >= 4 is 12.0 Å². The molecule has 18 heavy (non-hydrogen) atoms. The van der Waals surface area contributed by atoms with E-state index < -0.39 is 11.5 Å². The Hall–Kier alpha value is -1.52. The van der Waals surface area contributed by atoms with E-state index in [4.69, 9.17) is 0 Å². The summed E-state index contributed by atoms with van der Waals surface area (Å²) in [4.78, 5) is 26.8. The molecule has 1 aliphatic rings. The van der Waals surface area contributed by atoms with E-state index in [-0.39, 0.29) is 12.1 Å². The van der Waals surface area contributed by atoms with Gasteiger partial charge in [-0.3, -0.25) is 0 Å². The van der Waals surface area contributed by atoms with Gasteiger partial charge in [0.2, 0.25) is 0 Å². The van der Waals surface area contributed by atoms with Crippen LogP contribution in [-0.2, 0) is 4.79 Å². The Kier molecular flexibility index (Phi) is 4.38. The van der Waals surface area contributed by atoms with E-state index >= 15 is 0 Å². The number of carbonyl (C=O) groups is 2. The lowest BCUT2D eigenvalue weighted by Crippen LogP contribution is -2.57. The summed E-state index contributed by atoms with van der Waals surface area (Å²) in [5.74, 6) is -0.993. The van der Waals surface area contributed by atoms with Crippen molar-refractivity contribution in [2.45, 2.75) is 45.2 Å². The number of hydrogen-bond acceptors (Lipinski definition) is 2. The first-order valence-corrected chi connectivity index (χ1v) is 6.28. The van der Waals surface area contributed by atoms with Crippen LogP contribution in [0.5, 0.6) is 0 Å². The molecule has 0 aromatic carbocycles. The minimum Gasteiger partial charge on any atom is -0.480 e. The van der Waals surface area contributed by atoms with Gasteiger partial charge >= 0.3 is 12.0 Å². The van der Waals surface area contributed by atoms with Gasteiger partial charge in [0.05, 0.1) is 0 Å². The van der Waals surface area contributed by atoms with E-state index in [1.165, 1.54) is 4.90 Å². The predicted molar refractivity (Wildman–Crippen MR) is 69.4 cm³/mol. The molecule has 1 saturated carbocycles. The van der Waals surface area contributed by atoms with Crippen molar-refractivity contribution < 1.29 is 14.7 Å². The monoisotopic (exact) mass is 254 g/mol. The largest absolute Gasteiger partial charge is 0.480 e. The van der Waals surface area contributed by atoms with Crippen LogP contribution in [0.25, 0.3) is 0 Å². The van der Waals surface area contributed by atoms with Gasteiger partial charge in [-0.05, 0) is 33.6 Å². The number of urea groups is 1. The molecule has 1 aliphatic carbocycles. The standard InChI is InChI=1S/C13H22N2O3/c1-5-9-14(10-7-8-10)12(18)15(6-2)13(3,4)11(16)17/h5,10H,1,6-9H2,2-4H3,(H,16,17). The van der Waals surface area contributed by atoms with Gasteiger partial charge in [-0.2, -0.15) is 0 Å². The zero-order valence-electron chi connectivity index (χ0n) is 11.3. The lowest BCUT2D eigenvalue weighted by atomic mass is 10.0. The minimum atomic E-state index is -1.19. The summed E-state index contributed by atoms with van der Waals surface area (Å²) in [5.41, 5.74) is -1.19. The zero-order chi connectivity index (χ0) is 13.9. The molecule has 0 atom stereocenters. The average molecular weight is 254 g/mol. The predicted octanol–water partition coefficient (Wildman–Crippen LogP) is 1.94. The first-order chi connectivity index (χ1) is 8.36. The average Bonchev–Trinajstić information content (AvgIpc) is 3.09. The van der Waals surface area contributed by atoms with Crippen LogP contribution in [-0.4, -0.2) is 51.6 Å². The number of carboxylic acid groups (broad SMARTS) is 1. The first kappa shape index (κ1) is 14.5. The van der Waals surface area contributed by atoms with Crippen molar-refractivity contribution in [2.24, 2.45) is 0 Å². The fourth-order valence-corrected chi connectivity index (χ4v) is 1.95. The molecule has 0 aliphatic heterocycles. The second-order valence-corrected chi connectivity index (χ2v) is 5.06. The van der Waals surface area contributed by atoms with Gasteiger partial charge in [-0.1, -0.05) is 6.08 Å². The SMILES string of the molecule is C=CCN(C(=O)N(CC)C(C)(C)C(=O)O)C1CC1. The van der Waals surface area contributed by atoms with Gasteiger partial charge in [0, 0.05) is 19.1 Å². The topological polar surface area (TPSA) is 60.9 Å². The molecule has 0 spiro atoms. The number of likely N-dealkylation sites (N-methyl/N-ethyl adjacent to an activating group) is 1. The molecular formula is C13H22N2O3. The Morgan fingerprint density at radius 3 is 2.33 bits per heavy atom. The van der Waals surface area contributed by atoms with Crippen molar-refractivity contribution in [1.82, 2.24) is 9.80 Å². The normalized spacial score (nSPS) is 15.1. The summed E-state index contributed by atoms with van der Waals surface area (Å²) >= 11 is 0. The smallest absolute Gasteiger partial charge is 0.329 e. The number of amides is 2. The summed E-state index contributed by atoms with van der Waals surface area (Å²) in [6.45, 7) is 9.38. The summed E-state index contributed by atoms with van der Waals surface area (Å²) in [6.07, 6.45) is 3.66. The van der Waals surface area contributed by atoms with Crippen LogP contribution in [0.2, 0.25) is 0 Å². The molecule has 0 aromatic heterocycles. The molecule has 0 aromatic rings. The molecule has 1 N–H and O–H groups in total. The molecule has 0 bridgehead atoms. The maximum absolute atomic E-state index is 12.4. The summed E-state index contributed by atoms with van der Waals surface area (Å²) < 4.78 is 0. The molecule has 1 fully saturated rings. The highest BCUT2D eigenvalue weighted by atomic mass is 16.4. The molecule has 5 nitrogen and oxygen atoms in total. The van der Waals surface area contributed by atoms with Crippen LogP contribution in [0.1, 0.15) is 33.6 Å². The zero-order valence-corrected chi connectivity index (χ0v) is 11.3. The molecule has 5 heteroatoms. The Morgan fingerprint density at radius 1 is 1.44 bits per heavy atom. The molecule has 0 saturated heterocycles. The molecule has 1 rings (SSSR count). The second kappa shape index (κ2) is 5.42. The third-order valence-corrected chi connectivity index (χ3v) is 3.30. The van der Waals surface area contributed by atoms with Gasteiger partial charge in [-0.25, -0.2) is 9.59 Å². The number of nitrogens with zero attached hydrogens (tertiary/aromatic N) is 2. The van der Waals surface area contributed by atoms with Gasteiger partial charge in [0.25, 0.3) is 0 Å².